The average Bonchev–Trinajstić information content (AvgIpc) is 3.48. The molecule has 9 aromatic rings. The maximum atomic E-state index is 5.42. The molecule has 4 nitrogen and oxygen atoms in total. The maximum absolute atomic E-state index is 5.42. The van der Waals surface area contributed by atoms with Gasteiger partial charge in [-0.05, 0) is 61.0 Å². The van der Waals surface area contributed by atoms with Crippen LogP contribution < -0.4 is 4.90 Å². The van der Waals surface area contributed by atoms with Crippen molar-refractivity contribution in [3.63, 3.8) is 0 Å². The van der Waals surface area contributed by atoms with Gasteiger partial charge < -0.3 is 4.90 Å². The van der Waals surface area contributed by atoms with Crippen LogP contribution in [-0.4, -0.2) is 14.5 Å². The van der Waals surface area contributed by atoms with Gasteiger partial charge in [0.25, 0.3) is 0 Å². The number of hydrogen-bond donors (Lipinski definition) is 0. The van der Waals surface area contributed by atoms with Gasteiger partial charge in [-0.1, -0.05) is 115 Å². The molecule has 1 aliphatic rings. The van der Waals surface area contributed by atoms with Gasteiger partial charge in [-0.2, -0.15) is 0 Å². The van der Waals surface area contributed by atoms with Crippen LogP contribution in [0.2, 0.25) is 0 Å². The molecule has 2 aromatic heterocycles. The molecule has 0 atom stereocenters. The van der Waals surface area contributed by atoms with Crippen molar-refractivity contribution in [2.75, 3.05) is 4.90 Å². The summed E-state index contributed by atoms with van der Waals surface area (Å²) in [6, 6.07) is 54.0. The Labute approximate surface area is 281 Å². The summed E-state index contributed by atoms with van der Waals surface area (Å²) in [5.74, 6) is 0.681. The van der Waals surface area contributed by atoms with Gasteiger partial charge >= 0.3 is 0 Å². The van der Waals surface area contributed by atoms with Crippen molar-refractivity contribution in [3.05, 3.63) is 157 Å². The molecule has 0 unspecified atom stereocenters. The number of fused-ring (bicyclic) bond motifs is 7. The highest BCUT2D eigenvalue weighted by molar-refractivity contribution is 7.99. The highest BCUT2D eigenvalue weighted by Crippen LogP contribution is 2.48. The Hall–Kier alpha value is -5.91. The van der Waals surface area contributed by atoms with Crippen molar-refractivity contribution in [1.29, 1.82) is 0 Å². The monoisotopic (exact) mass is 632 g/mol. The Morgan fingerprint density at radius 3 is 2.00 bits per heavy atom. The minimum atomic E-state index is 0.681. The lowest BCUT2D eigenvalue weighted by atomic mass is 9.99. The highest BCUT2D eigenvalue weighted by Gasteiger charge is 2.25. The zero-order valence-electron chi connectivity index (χ0n) is 26.1. The number of hydrogen-bond acceptors (Lipinski definition) is 4. The van der Waals surface area contributed by atoms with E-state index in [0.717, 1.165) is 55.6 Å². The van der Waals surface area contributed by atoms with Crippen molar-refractivity contribution >= 4 is 72.3 Å². The molecule has 0 aliphatic carbocycles. The van der Waals surface area contributed by atoms with E-state index in [2.05, 4.69) is 168 Å². The molecule has 1 aliphatic heterocycles. The molecule has 10 rings (SSSR count). The van der Waals surface area contributed by atoms with Crippen LogP contribution in [0.5, 0.6) is 0 Å². The lowest BCUT2D eigenvalue weighted by molar-refractivity contribution is 1.01. The second-order valence-electron chi connectivity index (χ2n) is 12.3. The van der Waals surface area contributed by atoms with Crippen LogP contribution in [0.4, 0.5) is 17.1 Å². The summed E-state index contributed by atoms with van der Waals surface area (Å²) >= 11 is 1.80. The molecule has 0 bridgehead atoms. The van der Waals surface area contributed by atoms with E-state index in [1.54, 1.807) is 11.8 Å². The molecule has 3 heterocycles. The van der Waals surface area contributed by atoms with Gasteiger partial charge in [0.2, 0.25) is 5.95 Å². The first kappa shape index (κ1) is 27.2. The summed E-state index contributed by atoms with van der Waals surface area (Å²) in [5, 5.41) is 5.81. The number of benzene rings is 7. The zero-order chi connectivity index (χ0) is 31.8. The standard InChI is InChI=1S/C43H28N4S/c1-27-23-24-33-32(41(27)46(28-13-4-2-5-14-28)29-15-6-3-7-16-29)26-25-31-30-17-8-10-20-36(30)47(42(31)33)43-44-35-19-12-22-38-39(35)40(45-43)34-18-9-11-21-37(34)48-38/h2-26H,1H3. The fraction of sp³-hybridized carbons (Fsp3) is 0.0233. The fourth-order valence-corrected chi connectivity index (χ4v) is 8.52. The largest absolute Gasteiger partial charge is 0.310 e. The SMILES string of the molecule is Cc1ccc2c(ccc3c4ccccc4n(-c4nc5c6c(cccc6n4)Sc4ccccc4-5)c23)c1N(c1ccccc1)c1ccccc1. The molecule has 0 radical (unpaired) electrons. The van der Waals surface area contributed by atoms with Crippen molar-refractivity contribution < 1.29 is 0 Å². The molecule has 48 heavy (non-hydrogen) atoms. The molecule has 5 heteroatoms. The van der Waals surface area contributed by atoms with Gasteiger partial charge in [0.1, 0.15) is 0 Å². The van der Waals surface area contributed by atoms with E-state index in [0.29, 0.717) is 5.95 Å². The average molecular weight is 633 g/mol. The van der Waals surface area contributed by atoms with Crippen LogP contribution in [0.25, 0.3) is 60.7 Å². The van der Waals surface area contributed by atoms with Crippen molar-refractivity contribution in [2.45, 2.75) is 16.7 Å². The molecule has 0 fully saturated rings. The first-order chi connectivity index (χ1) is 23.7. The smallest absolute Gasteiger partial charge is 0.235 e. The Balaban J connectivity index is 1.32. The topological polar surface area (TPSA) is 34.0 Å². The molecule has 0 N–H and O–H groups in total. The predicted octanol–water partition coefficient (Wildman–Crippen LogP) is 11.8. The van der Waals surface area contributed by atoms with Gasteiger partial charge in [-0.3, -0.25) is 4.57 Å². The Morgan fingerprint density at radius 2 is 1.19 bits per heavy atom. The second-order valence-corrected chi connectivity index (χ2v) is 13.4. The summed E-state index contributed by atoms with van der Waals surface area (Å²) in [6.07, 6.45) is 0. The van der Waals surface area contributed by atoms with Gasteiger partial charge in [0.15, 0.2) is 0 Å². The van der Waals surface area contributed by atoms with E-state index in [1.165, 1.54) is 31.5 Å². The predicted molar refractivity (Wildman–Crippen MR) is 200 cm³/mol. The Morgan fingerprint density at radius 1 is 0.542 bits per heavy atom. The summed E-state index contributed by atoms with van der Waals surface area (Å²) in [6.45, 7) is 2.21. The van der Waals surface area contributed by atoms with Crippen LogP contribution >= 0.6 is 11.8 Å². The molecule has 0 saturated heterocycles. The Kier molecular flexibility index (Phi) is 5.99. The lowest BCUT2D eigenvalue weighted by Crippen LogP contribution is -2.12. The number of rotatable bonds is 4. The third-order valence-corrected chi connectivity index (χ3v) is 10.6. The van der Waals surface area contributed by atoms with Crippen LogP contribution in [0.1, 0.15) is 5.56 Å². The molecule has 226 valence electrons. The molecule has 0 amide bonds. The van der Waals surface area contributed by atoms with E-state index in [-0.39, 0.29) is 0 Å². The normalized spacial score (nSPS) is 12.2. The van der Waals surface area contributed by atoms with E-state index >= 15 is 0 Å². The third-order valence-electron chi connectivity index (χ3n) is 9.49. The molecule has 0 spiro atoms. The summed E-state index contributed by atoms with van der Waals surface area (Å²) < 4.78 is 2.29. The highest BCUT2D eigenvalue weighted by atomic mass is 32.2. The van der Waals surface area contributed by atoms with E-state index in [4.69, 9.17) is 9.97 Å². The summed E-state index contributed by atoms with van der Waals surface area (Å²) in [5.41, 5.74) is 9.88. The van der Waals surface area contributed by atoms with Crippen LogP contribution in [-0.2, 0) is 0 Å². The molecular weight excluding hydrogens is 605 g/mol. The third kappa shape index (κ3) is 3.98. The quantitative estimate of drug-likeness (QED) is 0.193. The fourth-order valence-electron chi connectivity index (χ4n) is 7.41. The van der Waals surface area contributed by atoms with Crippen molar-refractivity contribution in [1.82, 2.24) is 14.5 Å². The van der Waals surface area contributed by atoms with E-state index in [1.807, 2.05) is 0 Å². The van der Waals surface area contributed by atoms with Crippen molar-refractivity contribution in [2.24, 2.45) is 0 Å². The van der Waals surface area contributed by atoms with Crippen LogP contribution in [0.15, 0.2) is 161 Å². The number of aryl methyl sites for hydroxylation is 1. The molecule has 7 aromatic carbocycles. The summed E-state index contributed by atoms with van der Waals surface area (Å²) in [4.78, 5) is 15.5. The first-order valence-electron chi connectivity index (χ1n) is 16.2. The molecule has 0 saturated carbocycles. The maximum Gasteiger partial charge on any atom is 0.235 e. The lowest BCUT2D eigenvalue weighted by Gasteiger charge is -2.28. The number of anilines is 3. The first-order valence-corrected chi connectivity index (χ1v) is 17.0. The van der Waals surface area contributed by atoms with Gasteiger partial charge in [0.05, 0.1) is 27.9 Å². The van der Waals surface area contributed by atoms with Gasteiger partial charge in [0, 0.05) is 53.7 Å². The summed E-state index contributed by atoms with van der Waals surface area (Å²) in [7, 11) is 0. The minimum Gasteiger partial charge on any atom is -0.310 e. The number of nitrogens with zero attached hydrogens (tertiary/aromatic N) is 4. The van der Waals surface area contributed by atoms with Crippen molar-refractivity contribution in [3.8, 4) is 17.2 Å². The van der Waals surface area contributed by atoms with Crippen LogP contribution in [0.3, 0.4) is 0 Å². The van der Waals surface area contributed by atoms with E-state index in [9.17, 15) is 0 Å². The van der Waals surface area contributed by atoms with E-state index < -0.39 is 0 Å². The van der Waals surface area contributed by atoms with Crippen LogP contribution in [0, 0.1) is 6.92 Å². The number of para-hydroxylation sites is 3. The van der Waals surface area contributed by atoms with Gasteiger partial charge in [-0.15, -0.1) is 0 Å². The zero-order valence-corrected chi connectivity index (χ0v) is 26.9. The Bertz CT molecular complexity index is 2680. The molecular formula is C43H28N4S. The van der Waals surface area contributed by atoms with Gasteiger partial charge in [-0.25, -0.2) is 9.97 Å². The number of aromatic nitrogens is 3. The minimum absolute atomic E-state index is 0.681. The second kappa shape index (κ2) is 10.6.